The van der Waals surface area contributed by atoms with Crippen molar-refractivity contribution in [2.24, 2.45) is 0 Å². The molecule has 2 atom stereocenters. The van der Waals surface area contributed by atoms with Gasteiger partial charge in [-0.15, -0.1) is 0 Å². The fourth-order valence-electron chi connectivity index (χ4n) is 3.16. The van der Waals surface area contributed by atoms with Gasteiger partial charge in [0.15, 0.2) is 17.6 Å². The summed E-state index contributed by atoms with van der Waals surface area (Å²) in [5.41, 5.74) is 3.16. The minimum atomic E-state index is -0.546. The molecule has 28 heavy (non-hydrogen) atoms. The number of amides is 1. The van der Waals surface area contributed by atoms with E-state index in [9.17, 15) is 4.79 Å². The van der Waals surface area contributed by atoms with Crippen LogP contribution in [0.3, 0.4) is 0 Å². The van der Waals surface area contributed by atoms with Gasteiger partial charge in [-0.05, 0) is 56.0 Å². The van der Waals surface area contributed by atoms with E-state index in [1.807, 2.05) is 58.0 Å². The Morgan fingerprint density at radius 2 is 1.61 bits per heavy atom. The van der Waals surface area contributed by atoms with Gasteiger partial charge < -0.3 is 19.5 Å². The van der Waals surface area contributed by atoms with Gasteiger partial charge in [-0.3, -0.25) is 4.79 Å². The molecule has 5 heteroatoms. The maximum atomic E-state index is 12.9. The Kier molecular flexibility index (Phi) is 7.73. The molecule has 0 unspecified atom stereocenters. The summed E-state index contributed by atoms with van der Waals surface area (Å²) in [4.78, 5) is 12.9. The minimum Gasteiger partial charge on any atom is -0.493 e. The Balaban J connectivity index is 2.15. The van der Waals surface area contributed by atoms with Crippen LogP contribution in [0.1, 0.15) is 49.4 Å². The Morgan fingerprint density at radius 3 is 2.18 bits per heavy atom. The predicted octanol–water partition coefficient (Wildman–Crippen LogP) is 4.75. The molecule has 0 bridgehead atoms. The SMILES string of the molecule is CC[C@@H](Oc1ccc(C)cc1C)C(=O)N[C@H](CC)c1ccc(OC)c(OC)c1. The van der Waals surface area contributed by atoms with Crippen molar-refractivity contribution in [1.82, 2.24) is 5.32 Å². The fourth-order valence-corrected chi connectivity index (χ4v) is 3.16. The van der Waals surface area contributed by atoms with Gasteiger partial charge in [-0.1, -0.05) is 37.6 Å². The highest BCUT2D eigenvalue weighted by Gasteiger charge is 2.23. The Hall–Kier alpha value is -2.69. The van der Waals surface area contributed by atoms with Crippen LogP contribution < -0.4 is 19.5 Å². The first-order valence-electron chi connectivity index (χ1n) is 9.69. The van der Waals surface area contributed by atoms with Gasteiger partial charge in [0.1, 0.15) is 5.75 Å². The van der Waals surface area contributed by atoms with E-state index in [0.717, 1.165) is 23.3 Å². The van der Waals surface area contributed by atoms with Gasteiger partial charge >= 0.3 is 0 Å². The van der Waals surface area contributed by atoms with E-state index in [0.29, 0.717) is 17.9 Å². The van der Waals surface area contributed by atoms with Crippen LogP contribution in [0, 0.1) is 13.8 Å². The van der Waals surface area contributed by atoms with Crippen molar-refractivity contribution in [3.8, 4) is 17.2 Å². The summed E-state index contributed by atoms with van der Waals surface area (Å²) in [6.45, 7) is 8.01. The highest BCUT2D eigenvalue weighted by atomic mass is 16.5. The van der Waals surface area contributed by atoms with E-state index in [-0.39, 0.29) is 11.9 Å². The molecule has 1 N–H and O–H groups in total. The molecule has 0 aliphatic carbocycles. The van der Waals surface area contributed by atoms with Crippen LogP contribution in [-0.4, -0.2) is 26.2 Å². The number of nitrogens with one attached hydrogen (secondary N) is 1. The van der Waals surface area contributed by atoms with E-state index in [2.05, 4.69) is 11.4 Å². The number of ether oxygens (including phenoxy) is 3. The molecule has 2 aromatic carbocycles. The van der Waals surface area contributed by atoms with Crippen molar-refractivity contribution >= 4 is 5.91 Å². The maximum Gasteiger partial charge on any atom is 0.261 e. The Labute approximate surface area is 168 Å². The molecule has 5 nitrogen and oxygen atoms in total. The number of rotatable bonds is 9. The van der Waals surface area contributed by atoms with E-state index in [1.165, 1.54) is 5.56 Å². The molecule has 0 aliphatic rings. The van der Waals surface area contributed by atoms with Crippen molar-refractivity contribution in [2.45, 2.75) is 52.7 Å². The molecule has 2 aromatic rings. The maximum absolute atomic E-state index is 12.9. The van der Waals surface area contributed by atoms with Crippen LogP contribution in [0.5, 0.6) is 17.2 Å². The lowest BCUT2D eigenvalue weighted by molar-refractivity contribution is -0.129. The number of hydrogen-bond donors (Lipinski definition) is 1. The van der Waals surface area contributed by atoms with Crippen LogP contribution in [0.15, 0.2) is 36.4 Å². The Bertz CT molecular complexity index is 803. The van der Waals surface area contributed by atoms with Gasteiger partial charge in [0, 0.05) is 0 Å². The average Bonchev–Trinajstić information content (AvgIpc) is 2.70. The molecule has 0 aliphatic heterocycles. The summed E-state index contributed by atoms with van der Waals surface area (Å²) >= 11 is 0. The third-order valence-electron chi connectivity index (χ3n) is 4.80. The third-order valence-corrected chi connectivity index (χ3v) is 4.80. The first-order valence-corrected chi connectivity index (χ1v) is 9.69. The molecule has 152 valence electrons. The molecule has 0 saturated heterocycles. The van der Waals surface area contributed by atoms with Crippen LogP contribution in [0.4, 0.5) is 0 Å². The molecule has 1 amide bonds. The number of benzene rings is 2. The number of aryl methyl sites for hydroxylation is 2. The smallest absolute Gasteiger partial charge is 0.261 e. The topological polar surface area (TPSA) is 56.8 Å². The number of carbonyl (C=O) groups excluding carboxylic acids is 1. The lowest BCUT2D eigenvalue weighted by Gasteiger charge is -2.23. The van der Waals surface area contributed by atoms with Crippen molar-refractivity contribution in [2.75, 3.05) is 14.2 Å². The molecule has 0 saturated carbocycles. The standard InChI is InChI=1S/C23H31NO4/c1-7-18(17-10-12-21(26-5)22(14-17)27-6)24-23(25)19(8-2)28-20-11-9-15(3)13-16(20)4/h9-14,18-19H,7-8H2,1-6H3,(H,24,25)/t18-,19-/m1/s1. The molecule has 0 radical (unpaired) electrons. The van der Waals surface area contributed by atoms with Crippen molar-refractivity contribution < 1.29 is 19.0 Å². The van der Waals surface area contributed by atoms with Gasteiger partial charge in [-0.25, -0.2) is 0 Å². The molecular weight excluding hydrogens is 354 g/mol. The van der Waals surface area contributed by atoms with E-state index in [4.69, 9.17) is 14.2 Å². The highest BCUT2D eigenvalue weighted by Crippen LogP contribution is 2.31. The van der Waals surface area contributed by atoms with Crippen LogP contribution in [0.25, 0.3) is 0 Å². The molecule has 0 fully saturated rings. The first kappa shape index (κ1) is 21.6. The molecular formula is C23H31NO4. The summed E-state index contributed by atoms with van der Waals surface area (Å²) in [6, 6.07) is 11.5. The average molecular weight is 386 g/mol. The normalized spacial score (nSPS) is 12.8. The van der Waals surface area contributed by atoms with E-state index in [1.54, 1.807) is 14.2 Å². The van der Waals surface area contributed by atoms with E-state index < -0.39 is 6.10 Å². The van der Waals surface area contributed by atoms with Crippen LogP contribution in [0.2, 0.25) is 0 Å². The summed E-state index contributed by atoms with van der Waals surface area (Å²) in [7, 11) is 3.21. The fraction of sp³-hybridized carbons (Fsp3) is 0.435. The largest absolute Gasteiger partial charge is 0.493 e. The van der Waals surface area contributed by atoms with Crippen molar-refractivity contribution in [1.29, 1.82) is 0 Å². The first-order chi connectivity index (χ1) is 13.4. The van der Waals surface area contributed by atoms with Crippen molar-refractivity contribution in [3.05, 3.63) is 53.1 Å². The van der Waals surface area contributed by atoms with Crippen LogP contribution >= 0.6 is 0 Å². The highest BCUT2D eigenvalue weighted by molar-refractivity contribution is 5.81. The second-order valence-corrected chi connectivity index (χ2v) is 6.87. The molecule has 0 aromatic heterocycles. The molecule has 0 heterocycles. The second kappa shape index (κ2) is 10.0. The summed E-state index contributed by atoms with van der Waals surface area (Å²) in [5, 5.41) is 3.11. The van der Waals surface area contributed by atoms with Gasteiger partial charge in [0.25, 0.3) is 5.91 Å². The monoisotopic (exact) mass is 385 g/mol. The summed E-state index contributed by atoms with van der Waals surface area (Å²) in [6.07, 6.45) is 0.790. The molecule has 0 spiro atoms. The van der Waals surface area contributed by atoms with Gasteiger partial charge in [0.05, 0.1) is 20.3 Å². The lowest BCUT2D eigenvalue weighted by atomic mass is 10.0. The summed E-state index contributed by atoms with van der Waals surface area (Å²) < 4.78 is 16.7. The third kappa shape index (κ3) is 5.18. The lowest BCUT2D eigenvalue weighted by Crippen LogP contribution is -2.40. The molecule has 2 rings (SSSR count). The van der Waals surface area contributed by atoms with Crippen molar-refractivity contribution in [3.63, 3.8) is 0 Å². The zero-order chi connectivity index (χ0) is 20.7. The minimum absolute atomic E-state index is 0.121. The predicted molar refractivity (Wildman–Crippen MR) is 111 cm³/mol. The Morgan fingerprint density at radius 1 is 0.929 bits per heavy atom. The number of methoxy groups -OCH3 is 2. The zero-order valence-electron chi connectivity index (χ0n) is 17.7. The number of hydrogen-bond acceptors (Lipinski definition) is 4. The second-order valence-electron chi connectivity index (χ2n) is 6.87. The quantitative estimate of drug-likeness (QED) is 0.677. The zero-order valence-corrected chi connectivity index (χ0v) is 17.7. The van der Waals surface area contributed by atoms with Gasteiger partial charge in [-0.2, -0.15) is 0 Å². The van der Waals surface area contributed by atoms with Crippen LogP contribution in [-0.2, 0) is 4.79 Å². The van der Waals surface area contributed by atoms with Gasteiger partial charge in [0.2, 0.25) is 0 Å². The van der Waals surface area contributed by atoms with E-state index >= 15 is 0 Å². The summed E-state index contributed by atoms with van der Waals surface area (Å²) in [5.74, 6) is 1.93. The number of carbonyl (C=O) groups is 1.